The number of amides is 1. The van der Waals surface area contributed by atoms with E-state index in [1.807, 2.05) is 53.9 Å². The summed E-state index contributed by atoms with van der Waals surface area (Å²) < 4.78 is 15.7. The molecule has 3 heterocycles. The number of halogens is 1. The van der Waals surface area contributed by atoms with Crippen molar-refractivity contribution in [1.82, 2.24) is 19.9 Å². The Balaban J connectivity index is 1.28. The molecule has 1 aliphatic heterocycles. The second-order valence-electron chi connectivity index (χ2n) is 8.49. The molecule has 2 aromatic carbocycles. The number of aromatic nitrogens is 3. The van der Waals surface area contributed by atoms with Crippen LogP contribution in [-0.2, 0) is 11.3 Å². The highest BCUT2D eigenvalue weighted by molar-refractivity contribution is 5.79. The van der Waals surface area contributed by atoms with Gasteiger partial charge in [0, 0.05) is 54.5 Å². The van der Waals surface area contributed by atoms with Crippen LogP contribution in [0.4, 0.5) is 10.2 Å². The van der Waals surface area contributed by atoms with E-state index in [-0.39, 0.29) is 24.2 Å². The quantitative estimate of drug-likeness (QED) is 0.497. The van der Waals surface area contributed by atoms with Crippen molar-refractivity contribution in [3.8, 4) is 11.3 Å². The molecular weight excluding hydrogens is 417 g/mol. The van der Waals surface area contributed by atoms with Gasteiger partial charge in [0.15, 0.2) is 5.65 Å². The first-order chi connectivity index (χ1) is 16.1. The number of aryl methyl sites for hydroxylation is 1. The maximum absolute atomic E-state index is 13.8. The van der Waals surface area contributed by atoms with Crippen LogP contribution in [0.3, 0.4) is 0 Å². The third-order valence-electron chi connectivity index (χ3n) is 6.21. The van der Waals surface area contributed by atoms with Crippen LogP contribution in [0.15, 0.2) is 66.7 Å². The van der Waals surface area contributed by atoms with Crippen LogP contribution in [0.1, 0.15) is 24.1 Å². The number of carbonyl (C=O) groups is 1. The average molecular weight is 444 g/mol. The summed E-state index contributed by atoms with van der Waals surface area (Å²) in [6, 6.07) is 20.7. The van der Waals surface area contributed by atoms with Crippen molar-refractivity contribution in [1.29, 1.82) is 0 Å². The Morgan fingerprint density at radius 3 is 2.55 bits per heavy atom. The zero-order valence-electron chi connectivity index (χ0n) is 18.5. The van der Waals surface area contributed by atoms with Crippen molar-refractivity contribution in [2.45, 2.75) is 26.3 Å². The lowest BCUT2D eigenvalue weighted by atomic mass is 9.95. The Labute approximate surface area is 192 Å². The monoisotopic (exact) mass is 443 g/mol. The predicted molar refractivity (Wildman–Crippen MR) is 126 cm³/mol. The lowest BCUT2D eigenvalue weighted by Gasteiger charge is -2.33. The van der Waals surface area contributed by atoms with E-state index < -0.39 is 0 Å². The molecule has 1 saturated heterocycles. The molecular formula is C26H26FN5O. The van der Waals surface area contributed by atoms with Crippen LogP contribution in [-0.4, -0.2) is 33.6 Å². The van der Waals surface area contributed by atoms with Crippen LogP contribution in [0, 0.1) is 18.7 Å². The second-order valence-corrected chi connectivity index (χ2v) is 8.49. The van der Waals surface area contributed by atoms with Crippen LogP contribution in [0.2, 0.25) is 0 Å². The predicted octanol–water partition coefficient (Wildman–Crippen LogP) is 4.38. The number of carbonyl (C=O) groups excluding carboxylic acids is 1. The molecule has 6 nitrogen and oxygen atoms in total. The van der Waals surface area contributed by atoms with Gasteiger partial charge >= 0.3 is 0 Å². The van der Waals surface area contributed by atoms with Crippen LogP contribution in [0.5, 0.6) is 0 Å². The van der Waals surface area contributed by atoms with E-state index in [0.29, 0.717) is 5.56 Å². The molecule has 5 rings (SSSR count). The highest BCUT2D eigenvalue weighted by atomic mass is 19.1. The average Bonchev–Trinajstić information content (AvgIpc) is 3.27. The van der Waals surface area contributed by atoms with Gasteiger partial charge in [-0.15, -0.1) is 0 Å². The van der Waals surface area contributed by atoms with E-state index in [9.17, 15) is 9.18 Å². The van der Waals surface area contributed by atoms with Gasteiger partial charge in [0.25, 0.3) is 0 Å². The van der Waals surface area contributed by atoms with E-state index in [1.54, 1.807) is 18.2 Å². The summed E-state index contributed by atoms with van der Waals surface area (Å²) in [6.45, 7) is 3.70. The SMILES string of the molecule is Cc1cc(N2CCC(C(=O)NCc3ccccc3F)CC2)n2nc(-c3ccccc3)cc2n1. The highest BCUT2D eigenvalue weighted by Crippen LogP contribution is 2.27. The molecule has 7 heteroatoms. The van der Waals surface area contributed by atoms with Crippen LogP contribution < -0.4 is 10.2 Å². The molecule has 1 fully saturated rings. The lowest BCUT2D eigenvalue weighted by molar-refractivity contribution is -0.125. The summed E-state index contributed by atoms with van der Waals surface area (Å²) in [5, 5.41) is 7.72. The van der Waals surface area contributed by atoms with Crippen molar-refractivity contribution in [2.24, 2.45) is 5.92 Å². The first-order valence-corrected chi connectivity index (χ1v) is 11.3. The molecule has 1 N–H and O–H groups in total. The molecule has 2 aromatic heterocycles. The summed E-state index contributed by atoms with van der Waals surface area (Å²) in [5.41, 5.74) is 4.19. The molecule has 0 radical (unpaired) electrons. The normalized spacial score (nSPS) is 14.5. The van der Waals surface area contributed by atoms with Crippen LogP contribution >= 0.6 is 0 Å². The van der Waals surface area contributed by atoms with Gasteiger partial charge in [-0.3, -0.25) is 4.79 Å². The summed E-state index contributed by atoms with van der Waals surface area (Å²) >= 11 is 0. The van der Waals surface area contributed by atoms with E-state index in [2.05, 4.69) is 15.2 Å². The molecule has 4 aromatic rings. The molecule has 168 valence electrons. The van der Waals surface area contributed by atoms with E-state index in [4.69, 9.17) is 5.10 Å². The molecule has 33 heavy (non-hydrogen) atoms. The fraction of sp³-hybridized carbons (Fsp3) is 0.269. The summed E-state index contributed by atoms with van der Waals surface area (Å²) in [5.74, 6) is 0.604. The zero-order valence-corrected chi connectivity index (χ0v) is 18.5. The van der Waals surface area contributed by atoms with E-state index in [1.165, 1.54) is 6.07 Å². The molecule has 0 unspecified atom stereocenters. The van der Waals surface area contributed by atoms with Gasteiger partial charge in [0.1, 0.15) is 11.6 Å². The largest absolute Gasteiger partial charge is 0.356 e. The number of rotatable bonds is 5. The summed E-state index contributed by atoms with van der Waals surface area (Å²) in [7, 11) is 0. The standard InChI is InChI=1S/C26H26FN5O/c1-18-15-25(32-24(29-18)16-23(30-32)19-7-3-2-4-8-19)31-13-11-20(12-14-31)26(33)28-17-21-9-5-6-10-22(21)27/h2-10,15-16,20H,11-14,17H2,1H3,(H,28,33). The third-order valence-corrected chi connectivity index (χ3v) is 6.21. The second kappa shape index (κ2) is 9.02. The van der Waals surface area contributed by atoms with Gasteiger partial charge in [0.2, 0.25) is 5.91 Å². The van der Waals surface area contributed by atoms with E-state index >= 15 is 0 Å². The summed E-state index contributed by atoms with van der Waals surface area (Å²) in [6.07, 6.45) is 1.47. The van der Waals surface area contributed by atoms with Crippen molar-refractivity contribution in [3.05, 3.63) is 83.8 Å². The van der Waals surface area contributed by atoms with Gasteiger partial charge < -0.3 is 10.2 Å². The molecule has 0 bridgehead atoms. The highest BCUT2D eigenvalue weighted by Gasteiger charge is 2.26. The number of anilines is 1. The Hall–Kier alpha value is -3.74. The molecule has 0 spiro atoms. The Kier molecular flexibility index (Phi) is 5.77. The van der Waals surface area contributed by atoms with Gasteiger partial charge in [-0.25, -0.2) is 9.37 Å². The molecule has 0 saturated carbocycles. The third kappa shape index (κ3) is 4.44. The smallest absolute Gasteiger partial charge is 0.223 e. The maximum Gasteiger partial charge on any atom is 0.223 e. The van der Waals surface area contributed by atoms with E-state index in [0.717, 1.165) is 54.3 Å². The lowest BCUT2D eigenvalue weighted by Crippen LogP contribution is -2.41. The number of benzene rings is 2. The minimum absolute atomic E-state index is 0.0144. The van der Waals surface area contributed by atoms with Crippen molar-refractivity contribution in [2.75, 3.05) is 18.0 Å². The first-order valence-electron chi connectivity index (χ1n) is 11.3. The minimum atomic E-state index is -0.293. The van der Waals surface area contributed by atoms with Crippen molar-refractivity contribution >= 4 is 17.4 Å². The number of hydrogen-bond acceptors (Lipinski definition) is 4. The number of nitrogens with zero attached hydrogens (tertiary/aromatic N) is 4. The van der Waals surface area contributed by atoms with Gasteiger partial charge in [-0.2, -0.15) is 9.61 Å². The van der Waals surface area contributed by atoms with Gasteiger partial charge in [-0.1, -0.05) is 48.5 Å². The minimum Gasteiger partial charge on any atom is -0.356 e. The number of fused-ring (bicyclic) bond motifs is 1. The van der Waals surface area contributed by atoms with Crippen molar-refractivity contribution in [3.63, 3.8) is 0 Å². The molecule has 1 amide bonds. The number of nitrogens with one attached hydrogen (secondary N) is 1. The van der Waals surface area contributed by atoms with Gasteiger partial charge in [0.05, 0.1) is 5.69 Å². The maximum atomic E-state index is 13.8. The Bertz CT molecular complexity index is 1280. The summed E-state index contributed by atoms with van der Waals surface area (Å²) in [4.78, 5) is 19.6. The molecule has 1 aliphatic rings. The fourth-order valence-corrected chi connectivity index (χ4v) is 4.39. The molecule has 0 aliphatic carbocycles. The fourth-order valence-electron chi connectivity index (χ4n) is 4.39. The van der Waals surface area contributed by atoms with Crippen LogP contribution in [0.25, 0.3) is 16.9 Å². The topological polar surface area (TPSA) is 62.5 Å². The Morgan fingerprint density at radius 2 is 1.79 bits per heavy atom. The Morgan fingerprint density at radius 1 is 1.06 bits per heavy atom. The molecule has 0 atom stereocenters. The zero-order chi connectivity index (χ0) is 22.8. The first kappa shape index (κ1) is 21.1. The van der Waals surface area contributed by atoms with Crippen molar-refractivity contribution < 1.29 is 9.18 Å². The number of piperidine rings is 1. The van der Waals surface area contributed by atoms with Gasteiger partial charge in [-0.05, 0) is 25.8 Å². The number of hydrogen-bond donors (Lipinski definition) is 1.